The molecule has 0 aliphatic carbocycles. The Balaban J connectivity index is 3.13. The molecule has 0 unspecified atom stereocenters. The molecule has 0 N–H and O–H groups in total. The Kier molecular flexibility index (Phi) is 8.51. The molecule has 0 atom stereocenters. The molecule has 1 nitrogen and oxygen atoms in total. The first-order valence-corrected chi connectivity index (χ1v) is 4.28. The summed E-state index contributed by atoms with van der Waals surface area (Å²) >= 11 is 0. The van der Waals surface area contributed by atoms with Gasteiger partial charge in [-0.05, 0) is 18.4 Å². The minimum absolute atomic E-state index is 0.907. The van der Waals surface area contributed by atoms with Crippen LogP contribution in [0.2, 0.25) is 0 Å². The van der Waals surface area contributed by atoms with Crippen LogP contribution in [0.15, 0.2) is 23.7 Å². The number of unbranched alkanes of at least 4 members (excludes halogenated alkanes) is 3. The highest BCUT2D eigenvalue weighted by Gasteiger charge is 1.83. The molecule has 62 valence electrons. The van der Waals surface area contributed by atoms with Crippen LogP contribution in [-0.2, 0) is 0 Å². The fourth-order valence-electron chi connectivity index (χ4n) is 0.788. The van der Waals surface area contributed by atoms with Crippen LogP contribution in [0.1, 0.15) is 32.6 Å². The van der Waals surface area contributed by atoms with Gasteiger partial charge in [-0.1, -0.05) is 38.8 Å². The van der Waals surface area contributed by atoms with E-state index in [4.69, 9.17) is 0 Å². The van der Waals surface area contributed by atoms with Crippen molar-refractivity contribution in [2.75, 3.05) is 6.54 Å². The van der Waals surface area contributed by atoms with Crippen LogP contribution in [-0.4, -0.2) is 12.4 Å². The van der Waals surface area contributed by atoms with Crippen molar-refractivity contribution >= 4 is 5.87 Å². The Hall–Kier alpha value is -0.810. The third-order valence-electron chi connectivity index (χ3n) is 1.41. The van der Waals surface area contributed by atoms with Gasteiger partial charge in [0.2, 0.25) is 0 Å². The number of allylic oxidation sites excluding steroid dienone is 2. The lowest BCUT2D eigenvalue weighted by Crippen LogP contribution is -1.80. The van der Waals surface area contributed by atoms with Crippen LogP contribution in [0, 0.1) is 0 Å². The van der Waals surface area contributed by atoms with Gasteiger partial charge in [0.15, 0.2) is 0 Å². The van der Waals surface area contributed by atoms with Crippen molar-refractivity contribution in [1.82, 2.24) is 0 Å². The first-order chi connectivity index (χ1) is 5.41. The highest BCUT2D eigenvalue weighted by Crippen LogP contribution is 1.97. The van der Waals surface area contributed by atoms with E-state index in [2.05, 4.69) is 24.4 Å². The second-order valence-corrected chi connectivity index (χ2v) is 2.47. The van der Waals surface area contributed by atoms with Crippen molar-refractivity contribution in [3.63, 3.8) is 0 Å². The molecule has 0 heterocycles. The summed E-state index contributed by atoms with van der Waals surface area (Å²) in [4.78, 5) is 4.06. The van der Waals surface area contributed by atoms with Crippen LogP contribution in [0.25, 0.3) is 0 Å². The molecule has 0 aliphatic heterocycles. The van der Waals surface area contributed by atoms with Gasteiger partial charge in [-0.15, -0.1) is 0 Å². The van der Waals surface area contributed by atoms with E-state index in [1.54, 1.807) is 12.2 Å². The zero-order chi connectivity index (χ0) is 8.36. The lowest BCUT2D eigenvalue weighted by atomic mass is 10.2. The topological polar surface area (TPSA) is 12.4 Å². The highest BCUT2D eigenvalue weighted by molar-refractivity contribution is 5.54. The molecule has 0 aromatic rings. The summed E-state index contributed by atoms with van der Waals surface area (Å²) in [6.45, 7) is 6.65. The molecule has 0 bridgehead atoms. The maximum atomic E-state index is 4.06. The molecule has 11 heavy (non-hydrogen) atoms. The summed E-state index contributed by atoms with van der Waals surface area (Å²) in [5.41, 5.74) is 0. The Morgan fingerprint density at radius 3 is 2.82 bits per heavy atom. The van der Waals surface area contributed by atoms with Crippen LogP contribution in [0.5, 0.6) is 0 Å². The zero-order valence-corrected chi connectivity index (χ0v) is 7.34. The molecule has 1 heteroatoms. The molecule has 0 amide bonds. The van der Waals surface area contributed by atoms with E-state index in [1.165, 1.54) is 25.7 Å². The van der Waals surface area contributed by atoms with Gasteiger partial charge in [0.05, 0.1) is 0 Å². The van der Waals surface area contributed by atoms with E-state index >= 15 is 0 Å². The highest BCUT2D eigenvalue weighted by atomic mass is 14.7. The molecular formula is C10H17N. The third kappa shape index (κ3) is 9.19. The Bertz CT molecular complexity index is 141. The first-order valence-electron chi connectivity index (χ1n) is 4.28. The summed E-state index contributed by atoms with van der Waals surface area (Å²) in [6, 6.07) is 0. The number of aliphatic imine (C=N–C) groups is 1. The number of hydrogen-bond donors (Lipinski definition) is 0. The molecular weight excluding hydrogens is 134 g/mol. The van der Waals surface area contributed by atoms with Crippen LogP contribution < -0.4 is 0 Å². The van der Waals surface area contributed by atoms with Gasteiger partial charge < -0.3 is 0 Å². The average Bonchev–Trinajstić information content (AvgIpc) is 2.03. The first kappa shape index (κ1) is 10.2. The molecule has 0 fully saturated rings. The van der Waals surface area contributed by atoms with Gasteiger partial charge in [0.25, 0.3) is 0 Å². The third-order valence-corrected chi connectivity index (χ3v) is 1.41. The van der Waals surface area contributed by atoms with E-state index in [0.29, 0.717) is 0 Å². The molecule has 0 spiro atoms. The van der Waals surface area contributed by atoms with Crippen molar-refractivity contribution in [1.29, 1.82) is 0 Å². The smallest absolute Gasteiger partial charge is 0.0484 e. The molecule has 0 rings (SSSR count). The summed E-state index contributed by atoms with van der Waals surface area (Å²) in [6.07, 6.45) is 8.50. The van der Waals surface area contributed by atoms with Crippen LogP contribution >= 0.6 is 0 Å². The summed E-state index contributed by atoms with van der Waals surface area (Å²) < 4.78 is 0. The minimum Gasteiger partial charge on any atom is -0.243 e. The summed E-state index contributed by atoms with van der Waals surface area (Å²) in [5.74, 6) is 2.79. The van der Waals surface area contributed by atoms with E-state index in [1.807, 2.05) is 0 Å². The Morgan fingerprint density at radius 1 is 1.36 bits per heavy atom. The van der Waals surface area contributed by atoms with Crippen molar-refractivity contribution < 1.29 is 0 Å². The second kappa shape index (κ2) is 9.19. The van der Waals surface area contributed by atoms with E-state index in [0.717, 1.165) is 6.54 Å². The fraction of sp³-hybridized carbons (Fsp3) is 0.600. The fourth-order valence-corrected chi connectivity index (χ4v) is 0.788. The predicted octanol–water partition coefficient (Wildman–Crippen LogP) is 2.98. The molecule has 0 aromatic carbocycles. The summed E-state index contributed by atoms with van der Waals surface area (Å²) in [7, 11) is 0. The van der Waals surface area contributed by atoms with Crippen molar-refractivity contribution in [2.45, 2.75) is 32.6 Å². The molecule has 0 saturated carbocycles. The lowest BCUT2D eigenvalue weighted by Gasteiger charge is -1.91. The monoisotopic (exact) mass is 151 g/mol. The Labute approximate surface area is 69.5 Å². The molecule has 0 aromatic heterocycles. The van der Waals surface area contributed by atoms with Crippen LogP contribution in [0.4, 0.5) is 0 Å². The van der Waals surface area contributed by atoms with Gasteiger partial charge in [-0.3, -0.25) is 0 Å². The minimum atomic E-state index is 0.907. The maximum absolute atomic E-state index is 4.06. The van der Waals surface area contributed by atoms with Gasteiger partial charge in [-0.2, -0.15) is 0 Å². The van der Waals surface area contributed by atoms with Gasteiger partial charge >= 0.3 is 0 Å². The average molecular weight is 151 g/mol. The van der Waals surface area contributed by atoms with E-state index in [9.17, 15) is 0 Å². The number of nitrogens with zero attached hydrogens (tertiary/aromatic N) is 1. The van der Waals surface area contributed by atoms with Crippen molar-refractivity contribution in [3.05, 3.63) is 18.7 Å². The molecule has 0 saturated heterocycles. The SMILES string of the molecule is C=CC=C=NCCCCCC. The van der Waals surface area contributed by atoms with Crippen molar-refractivity contribution in [3.8, 4) is 0 Å². The lowest BCUT2D eigenvalue weighted by molar-refractivity contribution is 0.676. The van der Waals surface area contributed by atoms with Gasteiger partial charge in [0, 0.05) is 6.54 Å². The van der Waals surface area contributed by atoms with Gasteiger partial charge in [0.1, 0.15) is 0 Å². The number of hydrogen-bond acceptors (Lipinski definition) is 1. The molecule has 0 aliphatic rings. The normalized spacial score (nSPS) is 8.45. The van der Waals surface area contributed by atoms with E-state index < -0.39 is 0 Å². The molecule has 0 radical (unpaired) electrons. The predicted molar refractivity (Wildman–Crippen MR) is 51.2 cm³/mol. The second-order valence-electron chi connectivity index (χ2n) is 2.47. The Morgan fingerprint density at radius 2 is 2.18 bits per heavy atom. The van der Waals surface area contributed by atoms with Crippen molar-refractivity contribution in [2.24, 2.45) is 4.99 Å². The maximum Gasteiger partial charge on any atom is 0.0484 e. The van der Waals surface area contributed by atoms with Crippen LogP contribution in [0.3, 0.4) is 0 Å². The number of rotatable bonds is 6. The summed E-state index contributed by atoms with van der Waals surface area (Å²) in [5, 5.41) is 0. The zero-order valence-electron chi connectivity index (χ0n) is 7.34. The van der Waals surface area contributed by atoms with E-state index in [-0.39, 0.29) is 0 Å². The standard InChI is InChI=1S/C10H17N/c1-3-5-7-8-10-11-9-6-4-2/h4,6H,2-3,5,7-8,10H2,1H3. The largest absolute Gasteiger partial charge is 0.243 e. The van der Waals surface area contributed by atoms with Gasteiger partial charge in [-0.25, -0.2) is 4.99 Å². The quantitative estimate of drug-likeness (QED) is 0.314.